The number of benzene rings is 2. The topological polar surface area (TPSA) is 62.7 Å². The van der Waals surface area contributed by atoms with Crippen molar-refractivity contribution in [1.82, 2.24) is 9.88 Å². The Morgan fingerprint density at radius 3 is 2.69 bits per heavy atom. The van der Waals surface area contributed by atoms with Crippen molar-refractivity contribution in [2.24, 2.45) is 5.92 Å². The standard InChI is InChI=1S/C28H33ClN2O3S/c1-4-22-19(10-13-31-14-11-20(12-15-31)28(32)33)6-5-7-23(22)26-17-30-27(35-26)21-8-9-25(24(29)16-21)34-18(2)3/h5-9,16-18,20H,4,10-15H2,1-3H3,(H,32,33). The molecule has 0 spiro atoms. The molecule has 0 bridgehead atoms. The lowest BCUT2D eigenvalue weighted by molar-refractivity contribution is -0.143. The molecule has 2 heterocycles. The minimum absolute atomic E-state index is 0.0705. The normalized spacial score (nSPS) is 15.0. The summed E-state index contributed by atoms with van der Waals surface area (Å²) >= 11 is 8.13. The first-order valence-corrected chi connectivity index (χ1v) is 13.5. The van der Waals surface area contributed by atoms with Crippen LogP contribution in [0.3, 0.4) is 0 Å². The molecule has 0 amide bonds. The molecular weight excluding hydrogens is 480 g/mol. The van der Waals surface area contributed by atoms with Crippen LogP contribution in [0.4, 0.5) is 0 Å². The summed E-state index contributed by atoms with van der Waals surface area (Å²) in [6.45, 7) is 8.85. The third-order valence-electron chi connectivity index (χ3n) is 6.57. The first-order chi connectivity index (χ1) is 16.9. The second kappa shape index (κ2) is 11.5. The number of carboxylic acid groups (broad SMARTS) is 1. The number of carbonyl (C=O) groups is 1. The molecule has 35 heavy (non-hydrogen) atoms. The molecule has 7 heteroatoms. The third-order valence-corrected chi connectivity index (χ3v) is 7.95. The van der Waals surface area contributed by atoms with Gasteiger partial charge in [-0.2, -0.15) is 0 Å². The number of hydrogen-bond donors (Lipinski definition) is 1. The van der Waals surface area contributed by atoms with E-state index in [9.17, 15) is 9.90 Å². The summed E-state index contributed by atoms with van der Waals surface area (Å²) in [4.78, 5) is 19.5. The molecule has 1 aromatic heterocycles. The van der Waals surface area contributed by atoms with Crippen molar-refractivity contribution >= 4 is 28.9 Å². The van der Waals surface area contributed by atoms with E-state index in [1.807, 2.05) is 38.2 Å². The molecule has 3 aromatic rings. The van der Waals surface area contributed by atoms with Crippen molar-refractivity contribution in [1.29, 1.82) is 0 Å². The molecule has 1 fully saturated rings. The minimum Gasteiger partial charge on any atom is -0.489 e. The van der Waals surface area contributed by atoms with E-state index in [2.05, 4.69) is 30.0 Å². The number of halogens is 1. The van der Waals surface area contributed by atoms with Crippen molar-refractivity contribution in [2.45, 2.75) is 52.6 Å². The van der Waals surface area contributed by atoms with E-state index < -0.39 is 5.97 Å². The Labute approximate surface area is 216 Å². The van der Waals surface area contributed by atoms with Gasteiger partial charge in [0.15, 0.2) is 0 Å². The number of carboxylic acids is 1. The highest BCUT2D eigenvalue weighted by Crippen LogP contribution is 2.37. The van der Waals surface area contributed by atoms with E-state index in [0.29, 0.717) is 10.8 Å². The van der Waals surface area contributed by atoms with Gasteiger partial charge in [-0.05, 0) is 87.5 Å². The average Bonchev–Trinajstić information content (AvgIpc) is 3.34. The molecule has 2 aromatic carbocycles. The van der Waals surface area contributed by atoms with Gasteiger partial charge in [0.1, 0.15) is 10.8 Å². The van der Waals surface area contributed by atoms with Crippen LogP contribution in [0.25, 0.3) is 21.0 Å². The van der Waals surface area contributed by atoms with Crippen LogP contribution in [0, 0.1) is 5.92 Å². The molecule has 4 rings (SSSR count). The SMILES string of the molecule is CCc1c(CCN2CCC(C(=O)O)CC2)cccc1-c1cnc(-c2ccc(OC(C)C)c(Cl)c2)s1. The number of likely N-dealkylation sites (tertiary alicyclic amines) is 1. The molecule has 0 unspecified atom stereocenters. The predicted molar refractivity (Wildman–Crippen MR) is 144 cm³/mol. The van der Waals surface area contributed by atoms with Gasteiger partial charge in [-0.15, -0.1) is 11.3 Å². The number of thiazole rings is 1. The fourth-order valence-electron chi connectivity index (χ4n) is 4.71. The number of hydrogen-bond acceptors (Lipinski definition) is 5. The van der Waals surface area contributed by atoms with Crippen molar-refractivity contribution in [2.75, 3.05) is 19.6 Å². The van der Waals surface area contributed by atoms with Gasteiger partial charge in [-0.25, -0.2) is 4.98 Å². The van der Waals surface area contributed by atoms with Crippen molar-refractivity contribution in [3.8, 4) is 26.8 Å². The van der Waals surface area contributed by atoms with Crippen LogP contribution in [0.1, 0.15) is 44.7 Å². The number of nitrogens with zero attached hydrogens (tertiary/aromatic N) is 2. The maximum atomic E-state index is 11.2. The lowest BCUT2D eigenvalue weighted by Crippen LogP contribution is -2.37. The Hall–Kier alpha value is -2.41. The summed E-state index contributed by atoms with van der Waals surface area (Å²) in [5.41, 5.74) is 4.95. The van der Waals surface area contributed by atoms with Gasteiger partial charge in [0.25, 0.3) is 0 Å². The molecule has 1 aliphatic rings. The predicted octanol–water partition coefficient (Wildman–Crippen LogP) is 6.82. The van der Waals surface area contributed by atoms with E-state index in [4.69, 9.17) is 21.3 Å². The molecule has 0 atom stereocenters. The molecule has 1 N–H and O–H groups in total. The fourth-order valence-corrected chi connectivity index (χ4v) is 5.91. The Morgan fingerprint density at radius 1 is 1.26 bits per heavy atom. The zero-order chi connectivity index (χ0) is 24.9. The first kappa shape index (κ1) is 25.7. The van der Waals surface area contributed by atoms with Crippen LogP contribution in [0.5, 0.6) is 5.75 Å². The maximum absolute atomic E-state index is 11.2. The Kier molecular flexibility index (Phi) is 8.47. The number of ether oxygens (including phenoxy) is 1. The van der Waals surface area contributed by atoms with Gasteiger partial charge in [0.05, 0.1) is 21.9 Å². The van der Waals surface area contributed by atoms with E-state index in [-0.39, 0.29) is 12.0 Å². The van der Waals surface area contributed by atoms with Gasteiger partial charge in [0.2, 0.25) is 0 Å². The highest BCUT2D eigenvalue weighted by Gasteiger charge is 2.24. The molecular formula is C28H33ClN2O3S. The molecule has 5 nitrogen and oxygen atoms in total. The van der Waals surface area contributed by atoms with Crippen LogP contribution in [-0.4, -0.2) is 46.7 Å². The highest BCUT2D eigenvalue weighted by molar-refractivity contribution is 7.18. The maximum Gasteiger partial charge on any atom is 0.306 e. The molecule has 186 valence electrons. The Balaban J connectivity index is 1.49. The monoisotopic (exact) mass is 512 g/mol. The third kappa shape index (κ3) is 6.24. The van der Waals surface area contributed by atoms with Crippen LogP contribution < -0.4 is 4.74 Å². The zero-order valence-electron chi connectivity index (χ0n) is 20.6. The summed E-state index contributed by atoms with van der Waals surface area (Å²) in [5, 5.41) is 10.8. The van der Waals surface area contributed by atoms with Crippen LogP contribution in [-0.2, 0) is 17.6 Å². The Morgan fingerprint density at radius 2 is 2.03 bits per heavy atom. The van der Waals surface area contributed by atoms with Gasteiger partial charge < -0.3 is 14.7 Å². The second-order valence-corrected chi connectivity index (χ2v) is 10.8. The quantitative estimate of drug-likeness (QED) is 0.341. The average molecular weight is 513 g/mol. The van der Waals surface area contributed by atoms with E-state index in [1.54, 1.807) is 11.3 Å². The van der Waals surface area contributed by atoms with E-state index in [0.717, 1.165) is 60.8 Å². The summed E-state index contributed by atoms with van der Waals surface area (Å²) in [6.07, 6.45) is 5.44. The zero-order valence-corrected chi connectivity index (χ0v) is 22.2. The van der Waals surface area contributed by atoms with Crippen LogP contribution >= 0.6 is 22.9 Å². The molecule has 0 radical (unpaired) electrons. The lowest BCUT2D eigenvalue weighted by atomic mass is 9.94. The number of aromatic nitrogens is 1. The summed E-state index contributed by atoms with van der Waals surface area (Å²) in [6, 6.07) is 12.4. The number of piperidine rings is 1. The number of aliphatic carboxylic acids is 1. The van der Waals surface area contributed by atoms with Gasteiger partial charge in [-0.3, -0.25) is 4.79 Å². The molecule has 1 aliphatic heterocycles. The van der Waals surface area contributed by atoms with Crippen molar-refractivity contribution in [3.05, 3.63) is 58.7 Å². The highest BCUT2D eigenvalue weighted by atomic mass is 35.5. The smallest absolute Gasteiger partial charge is 0.306 e. The largest absolute Gasteiger partial charge is 0.489 e. The van der Waals surface area contributed by atoms with E-state index in [1.165, 1.54) is 16.7 Å². The molecule has 0 saturated carbocycles. The van der Waals surface area contributed by atoms with Gasteiger partial charge >= 0.3 is 5.97 Å². The minimum atomic E-state index is -0.656. The summed E-state index contributed by atoms with van der Waals surface area (Å²) in [5.74, 6) is -0.151. The van der Waals surface area contributed by atoms with Crippen molar-refractivity contribution in [3.63, 3.8) is 0 Å². The fraction of sp³-hybridized carbons (Fsp3) is 0.429. The number of rotatable bonds is 9. The second-order valence-electron chi connectivity index (χ2n) is 9.34. The summed E-state index contributed by atoms with van der Waals surface area (Å²) < 4.78 is 5.76. The van der Waals surface area contributed by atoms with Crippen LogP contribution in [0.2, 0.25) is 5.02 Å². The lowest BCUT2D eigenvalue weighted by Gasteiger charge is -2.30. The van der Waals surface area contributed by atoms with Crippen molar-refractivity contribution < 1.29 is 14.6 Å². The van der Waals surface area contributed by atoms with Gasteiger partial charge in [-0.1, -0.05) is 36.7 Å². The Bertz CT molecular complexity index is 1170. The summed E-state index contributed by atoms with van der Waals surface area (Å²) in [7, 11) is 0. The van der Waals surface area contributed by atoms with Gasteiger partial charge in [0, 0.05) is 18.3 Å². The van der Waals surface area contributed by atoms with Crippen LogP contribution in [0.15, 0.2) is 42.6 Å². The van der Waals surface area contributed by atoms with E-state index >= 15 is 0 Å². The first-order valence-electron chi connectivity index (χ1n) is 12.3. The molecule has 1 saturated heterocycles. The molecule has 0 aliphatic carbocycles.